The molecule has 0 saturated heterocycles. The van der Waals surface area contributed by atoms with Gasteiger partial charge in [0.15, 0.2) is 0 Å². The zero-order valence-electron chi connectivity index (χ0n) is 10.2. The molecule has 4 nitrogen and oxygen atoms in total. The molecule has 0 unspecified atom stereocenters. The fourth-order valence-electron chi connectivity index (χ4n) is 1.58. The Balaban J connectivity index is 1.77. The monoisotopic (exact) mass is 243 g/mol. The maximum Gasteiger partial charge on any atom is 0.119 e. The summed E-state index contributed by atoms with van der Waals surface area (Å²) in [5.41, 5.74) is 2.31. The highest BCUT2D eigenvalue weighted by atomic mass is 16.5. The van der Waals surface area contributed by atoms with Crippen molar-refractivity contribution in [3.8, 4) is 5.75 Å². The summed E-state index contributed by atoms with van der Waals surface area (Å²) in [6.45, 7) is 5.76. The molecule has 1 aromatic carbocycles. The minimum Gasteiger partial charge on any atom is -0.490 e. The van der Waals surface area contributed by atoms with Gasteiger partial charge in [0.1, 0.15) is 12.4 Å². The summed E-state index contributed by atoms with van der Waals surface area (Å²) in [4.78, 5) is 0. The van der Waals surface area contributed by atoms with Gasteiger partial charge in [-0.15, -0.1) is 0 Å². The smallest absolute Gasteiger partial charge is 0.119 e. The molecule has 0 radical (unpaired) electrons. The minimum absolute atomic E-state index is 0.539. The van der Waals surface area contributed by atoms with E-state index < -0.39 is 0 Å². The molecule has 0 atom stereocenters. The molecule has 18 heavy (non-hydrogen) atoms. The van der Waals surface area contributed by atoms with Gasteiger partial charge in [-0.3, -0.25) is 5.10 Å². The van der Waals surface area contributed by atoms with Gasteiger partial charge in [-0.2, -0.15) is 5.10 Å². The van der Waals surface area contributed by atoms with Crippen molar-refractivity contribution in [2.45, 2.75) is 13.1 Å². The Morgan fingerprint density at radius 3 is 2.72 bits per heavy atom. The zero-order valence-corrected chi connectivity index (χ0v) is 10.2. The number of hydrogen-bond donors (Lipinski definition) is 2. The van der Waals surface area contributed by atoms with Gasteiger partial charge in [-0.05, 0) is 23.8 Å². The molecule has 0 aliphatic carbocycles. The Labute approximate surface area is 107 Å². The molecular weight excluding hydrogens is 226 g/mol. The van der Waals surface area contributed by atoms with Gasteiger partial charge in [0.25, 0.3) is 0 Å². The summed E-state index contributed by atoms with van der Waals surface area (Å²) >= 11 is 0. The van der Waals surface area contributed by atoms with Crippen LogP contribution in [0.4, 0.5) is 0 Å². The van der Waals surface area contributed by atoms with Gasteiger partial charge in [0.2, 0.25) is 0 Å². The van der Waals surface area contributed by atoms with Crippen LogP contribution in [0.15, 0.2) is 49.2 Å². The van der Waals surface area contributed by atoms with Crippen LogP contribution < -0.4 is 10.1 Å². The highest BCUT2D eigenvalue weighted by Crippen LogP contribution is 2.12. The van der Waals surface area contributed by atoms with Crippen molar-refractivity contribution in [1.29, 1.82) is 0 Å². The van der Waals surface area contributed by atoms with Gasteiger partial charge >= 0.3 is 0 Å². The number of nitrogens with one attached hydrogen (secondary N) is 2. The number of hydrogen-bond acceptors (Lipinski definition) is 3. The van der Waals surface area contributed by atoms with Crippen molar-refractivity contribution < 1.29 is 4.74 Å². The number of rotatable bonds is 7. The quantitative estimate of drug-likeness (QED) is 0.733. The standard InChI is InChI=1S/C14H17N3O/c1-2-9-18-14-5-3-12(4-6-14)10-15-11-13-7-8-16-17-13/h2-8,15H,1,9-11H2,(H,16,17). The zero-order chi connectivity index (χ0) is 12.6. The number of benzene rings is 1. The van der Waals surface area contributed by atoms with Gasteiger partial charge in [0, 0.05) is 25.0 Å². The molecule has 2 rings (SSSR count). The van der Waals surface area contributed by atoms with E-state index in [-0.39, 0.29) is 0 Å². The van der Waals surface area contributed by atoms with Crippen LogP contribution in [-0.2, 0) is 13.1 Å². The number of ether oxygens (including phenoxy) is 1. The summed E-state index contributed by atoms with van der Waals surface area (Å²) in [5.74, 6) is 0.868. The van der Waals surface area contributed by atoms with Gasteiger partial charge < -0.3 is 10.1 Å². The Hall–Kier alpha value is -2.07. The lowest BCUT2D eigenvalue weighted by Gasteiger charge is -2.06. The van der Waals surface area contributed by atoms with E-state index in [4.69, 9.17) is 4.74 Å². The van der Waals surface area contributed by atoms with Crippen LogP contribution in [-0.4, -0.2) is 16.8 Å². The first-order valence-electron chi connectivity index (χ1n) is 5.90. The highest BCUT2D eigenvalue weighted by molar-refractivity contribution is 5.27. The fraction of sp³-hybridized carbons (Fsp3) is 0.214. The van der Waals surface area contributed by atoms with Crippen molar-refractivity contribution >= 4 is 0 Å². The summed E-state index contributed by atoms with van der Waals surface area (Å²) < 4.78 is 5.42. The average Bonchev–Trinajstić information content (AvgIpc) is 2.91. The second-order valence-electron chi connectivity index (χ2n) is 3.93. The first kappa shape index (κ1) is 12.4. The van der Waals surface area contributed by atoms with E-state index in [1.807, 2.05) is 18.2 Å². The maximum absolute atomic E-state index is 5.42. The van der Waals surface area contributed by atoms with Crippen LogP contribution in [0, 0.1) is 0 Å². The predicted molar refractivity (Wildman–Crippen MR) is 71.3 cm³/mol. The molecule has 1 aromatic heterocycles. The van der Waals surface area contributed by atoms with E-state index in [2.05, 4.69) is 34.2 Å². The summed E-state index contributed by atoms with van der Waals surface area (Å²) in [5, 5.41) is 10.2. The van der Waals surface area contributed by atoms with E-state index in [1.54, 1.807) is 12.3 Å². The van der Waals surface area contributed by atoms with Crippen LogP contribution >= 0.6 is 0 Å². The highest BCUT2D eigenvalue weighted by Gasteiger charge is 1.96. The molecule has 94 valence electrons. The van der Waals surface area contributed by atoms with Crippen molar-refractivity contribution in [1.82, 2.24) is 15.5 Å². The molecule has 1 heterocycles. The van der Waals surface area contributed by atoms with Gasteiger partial charge in [0.05, 0.1) is 0 Å². The fourth-order valence-corrected chi connectivity index (χ4v) is 1.58. The van der Waals surface area contributed by atoms with Crippen molar-refractivity contribution in [2.75, 3.05) is 6.61 Å². The SMILES string of the molecule is C=CCOc1ccc(CNCc2ccn[nH]2)cc1. The first-order chi connectivity index (χ1) is 8.88. The maximum atomic E-state index is 5.42. The summed E-state index contributed by atoms with van der Waals surface area (Å²) in [6.07, 6.45) is 3.49. The van der Waals surface area contributed by atoms with Crippen molar-refractivity contribution in [2.24, 2.45) is 0 Å². The third kappa shape index (κ3) is 3.75. The Kier molecular flexibility index (Phi) is 4.55. The normalized spacial score (nSPS) is 10.2. The van der Waals surface area contributed by atoms with Crippen molar-refractivity contribution in [3.05, 3.63) is 60.4 Å². The average molecular weight is 243 g/mol. The molecule has 0 aliphatic rings. The van der Waals surface area contributed by atoms with Crippen LogP contribution in [0.5, 0.6) is 5.75 Å². The Bertz CT molecular complexity index is 462. The molecule has 2 N–H and O–H groups in total. The second-order valence-corrected chi connectivity index (χ2v) is 3.93. The molecule has 0 spiro atoms. The molecule has 4 heteroatoms. The van der Waals surface area contributed by atoms with E-state index in [0.717, 1.165) is 24.5 Å². The lowest BCUT2D eigenvalue weighted by atomic mass is 10.2. The summed E-state index contributed by atoms with van der Waals surface area (Å²) in [6, 6.07) is 10.0. The lowest BCUT2D eigenvalue weighted by Crippen LogP contribution is -2.12. The Morgan fingerprint density at radius 1 is 1.22 bits per heavy atom. The van der Waals surface area contributed by atoms with Crippen LogP contribution in [0.25, 0.3) is 0 Å². The third-order valence-electron chi connectivity index (χ3n) is 2.49. The van der Waals surface area contributed by atoms with Crippen LogP contribution in [0.2, 0.25) is 0 Å². The van der Waals surface area contributed by atoms with E-state index in [9.17, 15) is 0 Å². The first-order valence-corrected chi connectivity index (χ1v) is 5.90. The molecular formula is C14H17N3O. The van der Waals surface area contributed by atoms with Crippen LogP contribution in [0.3, 0.4) is 0 Å². The topological polar surface area (TPSA) is 49.9 Å². The summed E-state index contributed by atoms with van der Waals surface area (Å²) in [7, 11) is 0. The molecule has 0 aliphatic heterocycles. The number of aromatic amines is 1. The molecule has 0 bridgehead atoms. The minimum atomic E-state index is 0.539. The number of H-pyrrole nitrogens is 1. The van der Waals surface area contributed by atoms with Crippen LogP contribution in [0.1, 0.15) is 11.3 Å². The van der Waals surface area contributed by atoms with E-state index in [1.165, 1.54) is 5.56 Å². The lowest BCUT2D eigenvalue weighted by molar-refractivity contribution is 0.363. The molecule has 0 saturated carbocycles. The molecule has 2 aromatic rings. The second kappa shape index (κ2) is 6.61. The van der Waals surface area contributed by atoms with Gasteiger partial charge in [-0.25, -0.2) is 0 Å². The Morgan fingerprint density at radius 2 is 2.06 bits per heavy atom. The number of nitrogens with zero attached hydrogens (tertiary/aromatic N) is 1. The largest absolute Gasteiger partial charge is 0.490 e. The van der Waals surface area contributed by atoms with Crippen molar-refractivity contribution in [3.63, 3.8) is 0 Å². The predicted octanol–water partition coefficient (Wildman–Crippen LogP) is 2.26. The number of aromatic nitrogens is 2. The van der Waals surface area contributed by atoms with Gasteiger partial charge in [-0.1, -0.05) is 24.8 Å². The molecule has 0 amide bonds. The van der Waals surface area contributed by atoms with E-state index in [0.29, 0.717) is 6.61 Å². The molecule has 0 fully saturated rings. The van der Waals surface area contributed by atoms with E-state index >= 15 is 0 Å². The third-order valence-corrected chi connectivity index (χ3v) is 2.49.